The number of piperazine rings is 1. The molecule has 2 rings (SSSR count). The van der Waals surface area contributed by atoms with Crippen LogP contribution in [0.1, 0.15) is 26.7 Å². The van der Waals surface area contributed by atoms with Gasteiger partial charge in [0.05, 0.1) is 0 Å². The van der Waals surface area contributed by atoms with Crippen molar-refractivity contribution in [1.29, 1.82) is 0 Å². The van der Waals surface area contributed by atoms with E-state index in [9.17, 15) is 0 Å². The number of nitrogens with two attached hydrogens (primary N) is 1. The molecule has 4 nitrogen and oxygen atoms in total. The van der Waals surface area contributed by atoms with Crippen LogP contribution in [0.15, 0.2) is 11.6 Å². The molecule has 5 heteroatoms. The van der Waals surface area contributed by atoms with Crippen LogP contribution in [0.5, 0.6) is 0 Å². The predicted molar refractivity (Wildman–Crippen MR) is 78.3 cm³/mol. The van der Waals surface area contributed by atoms with E-state index < -0.39 is 0 Å². The molecule has 0 aromatic carbocycles. The Balaban J connectivity index is 1.80. The molecule has 1 aliphatic rings. The number of thiazole rings is 1. The molecular weight excluding hydrogens is 244 g/mol. The quantitative estimate of drug-likeness (QED) is 0.884. The van der Waals surface area contributed by atoms with Crippen molar-refractivity contribution in [2.75, 3.05) is 37.6 Å². The second-order valence-corrected chi connectivity index (χ2v) is 6.35. The molecule has 1 aromatic heterocycles. The van der Waals surface area contributed by atoms with Gasteiger partial charge in [-0.3, -0.25) is 4.90 Å². The van der Waals surface area contributed by atoms with E-state index in [4.69, 9.17) is 5.73 Å². The Labute approximate surface area is 114 Å². The highest BCUT2D eigenvalue weighted by Crippen LogP contribution is 2.20. The van der Waals surface area contributed by atoms with Gasteiger partial charge in [-0.15, -0.1) is 11.3 Å². The van der Waals surface area contributed by atoms with Gasteiger partial charge in [-0.05, 0) is 13.3 Å². The fourth-order valence-electron chi connectivity index (χ4n) is 2.63. The van der Waals surface area contributed by atoms with E-state index in [1.54, 1.807) is 11.3 Å². The monoisotopic (exact) mass is 268 g/mol. The number of hydrogen-bond acceptors (Lipinski definition) is 5. The van der Waals surface area contributed by atoms with Crippen molar-refractivity contribution < 1.29 is 0 Å². The van der Waals surface area contributed by atoms with Crippen LogP contribution in [-0.2, 0) is 0 Å². The molecular formula is C13H24N4S. The lowest BCUT2D eigenvalue weighted by Gasteiger charge is -2.38. The molecule has 1 aliphatic heterocycles. The third-order valence-corrected chi connectivity index (χ3v) is 4.30. The normalized spacial score (nSPS) is 20.9. The van der Waals surface area contributed by atoms with E-state index in [0.717, 1.165) is 50.7 Å². The van der Waals surface area contributed by atoms with Gasteiger partial charge in [0.1, 0.15) is 0 Å². The standard InChI is InChI=1S/C13H24N4S/c1-3-4-13(2,14)11-16-6-8-17(9-7-16)12-15-5-10-18-12/h5,10H,3-4,6-9,11,14H2,1-2H3. The molecule has 2 N–H and O–H groups in total. The van der Waals surface area contributed by atoms with E-state index >= 15 is 0 Å². The molecule has 0 bridgehead atoms. The summed E-state index contributed by atoms with van der Waals surface area (Å²) in [6.07, 6.45) is 4.14. The minimum atomic E-state index is -0.0435. The van der Waals surface area contributed by atoms with Gasteiger partial charge in [0, 0.05) is 49.8 Å². The zero-order valence-corrected chi connectivity index (χ0v) is 12.2. The molecule has 2 heterocycles. The Morgan fingerprint density at radius 3 is 2.67 bits per heavy atom. The third-order valence-electron chi connectivity index (χ3n) is 3.47. The Kier molecular flexibility index (Phi) is 4.59. The van der Waals surface area contributed by atoms with Gasteiger partial charge < -0.3 is 10.6 Å². The summed E-state index contributed by atoms with van der Waals surface area (Å²) in [7, 11) is 0. The summed E-state index contributed by atoms with van der Waals surface area (Å²) in [6, 6.07) is 0. The maximum absolute atomic E-state index is 6.32. The number of anilines is 1. The van der Waals surface area contributed by atoms with Crippen LogP contribution in [0.4, 0.5) is 5.13 Å². The van der Waals surface area contributed by atoms with Crippen molar-refractivity contribution in [3.63, 3.8) is 0 Å². The summed E-state index contributed by atoms with van der Waals surface area (Å²) in [5.74, 6) is 0. The minimum Gasteiger partial charge on any atom is -0.346 e. The molecule has 102 valence electrons. The van der Waals surface area contributed by atoms with Crippen molar-refractivity contribution >= 4 is 16.5 Å². The average Bonchev–Trinajstić information content (AvgIpc) is 2.82. The van der Waals surface area contributed by atoms with E-state index in [2.05, 4.69) is 28.6 Å². The Hall–Kier alpha value is -0.650. The van der Waals surface area contributed by atoms with Gasteiger partial charge in [0.25, 0.3) is 0 Å². The molecule has 0 radical (unpaired) electrons. The van der Waals surface area contributed by atoms with Crippen LogP contribution in [0, 0.1) is 0 Å². The molecule has 1 saturated heterocycles. The molecule has 0 saturated carbocycles. The van der Waals surface area contributed by atoms with Gasteiger partial charge in [-0.25, -0.2) is 4.98 Å². The minimum absolute atomic E-state index is 0.0435. The van der Waals surface area contributed by atoms with Gasteiger partial charge in [-0.1, -0.05) is 13.3 Å². The largest absolute Gasteiger partial charge is 0.346 e. The van der Waals surface area contributed by atoms with E-state index in [1.807, 2.05) is 11.6 Å². The Bertz CT molecular complexity index is 342. The lowest BCUT2D eigenvalue weighted by Crippen LogP contribution is -2.54. The summed E-state index contributed by atoms with van der Waals surface area (Å²) in [5, 5.41) is 3.19. The predicted octanol–water partition coefficient (Wildman–Crippen LogP) is 1.78. The van der Waals surface area contributed by atoms with Gasteiger partial charge in [0.15, 0.2) is 5.13 Å². The lowest BCUT2D eigenvalue weighted by molar-refractivity contribution is 0.199. The van der Waals surface area contributed by atoms with Gasteiger partial charge in [0.2, 0.25) is 0 Å². The second kappa shape index (κ2) is 5.99. The summed E-state index contributed by atoms with van der Waals surface area (Å²) in [6.45, 7) is 9.69. The summed E-state index contributed by atoms with van der Waals surface area (Å²) in [4.78, 5) is 9.23. The third kappa shape index (κ3) is 3.67. The average molecular weight is 268 g/mol. The maximum Gasteiger partial charge on any atom is 0.185 e. The van der Waals surface area contributed by atoms with Crippen molar-refractivity contribution in [2.24, 2.45) is 5.73 Å². The molecule has 0 spiro atoms. The van der Waals surface area contributed by atoms with Crippen LogP contribution in [0.2, 0.25) is 0 Å². The molecule has 1 unspecified atom stereocenters. The summed E-state index contributed by atoms with van der Waals surface area (Å²) < 4.78 is 0. The molecule has 1 atom stereocenters. The van der Waals surface area contributed by atoms with E-state index in [1.165, 1.54) is 0 Å². The van der Waals surface area contributed by atoms with Crippen LogP contribution in [0.3, 0.4) is 0 Å². The van der Waals surface area contributed by atoms with E-state index in [0.29, 0.717) is 0 Å². The van der Waals surface area contributed by atoms with Crippen LogP contribution in [-0.4, -0.2) is 48.1 Å². The smallest absolute Gasteiger partial charge is 0.185 e. The first-order valence-electron chi connectivity index (χ1n) is 6.76. The zero-order chi connectivity index (χ0) is 13.0. The first-order valence-corrected chi connectivity index (χ1v) is 7.64. The first-order chi connectivity index (χ1) is 8.61. The van der Waals surface area contributed by atoms with Crippen molar-refractivity contribution in [3.8, 4) is 0 Å². The van der Waals surface area contributed by atoms with Gasteiger partial charge >= 0.3 is 0 Å². The first kappa shape index (κ1) is 13.8. The topological polar surface area (TPSA) is 45.4 Å². The van der Waals surface area contributed by atoms with Crippen molar-refractivity contribution in [3.05, 3.63) is 11.6 Å². The molecule has 18 heavy (non-hydrogen) atoms. The highest BCUT2D eigenvalue weighted by atomic mass is 32.1. The fraction of sp³-hybridized carbons (Fsp3) is 0.769. The van der Waals surface area contributed by atoms with Gasteiger partial charge in [-0.2, -0.15) is 0 Å². The number of rotatable bonds is 5. The van der Waals surface area contributed by atoms with Crippen molar-refractivity contribution in [1.82, 2.24) is 9.88 Å². The molecule has 1 fully saturated rings. The maximum atomic E-state index is 6.32. The highest BCUT2D eigenvalue weighted by molar-refractivity contribution is 7.13. The molecule has 0 amide bonds. The number of aromatic nitrogens is 1. The number of hydrogen-bond donors (Lipinski definition) is 1. The fourth-order valence-corrected chi connectivity index (χ4v) is 3.33. The SMILES string of the molecule is CCCC(C)(N)CN1CCN(c2nccs2)CC1. The lowest BCUT2D eigenvalue weighted by atomic mass is 9.96. The summed E-state index contributed by atoms with van der Waals surface area (Å²) in [5.41, 5.74) is 6.28. The number of nitrogens with zero attached hydrogens (tertiary/aromatic N) is 3. The summed E-state index contributed by atoms with van der Waals surface area (Å²) >= 11 is 1.72. The molecule has 0 aliphatic carbocycles. The van der Waals surface area contributed by atoms with Crippen LogP contribution in [0.25, 0.3) is 0 Å². The Morgan fingerprint density at radius 1 is 1.39 bits per heavy atom. The Morgan fingerprint density at radius 2 is 2.11 bits per heavy atom. The highest BCUT2D eigenvalue weighted by Gasteiger charge is 2.25. The van der Waals surface area contributed by atoms with E-state index in [-0.39, 0.29) is 5.54 Å². The van der Waals surface area contributed by atoms with Crippen LogP contribution < -0.4 is 10.6 Å². The molecule has 1 aromatic rings. The zero-order valence-electron chi connectivity index (χ0n) is 11.4. The van der Waals surface area contributed by atoms with Crippen LogP contribution >= 0.6 is 11.3 Å². The second-order valence-electron chi connectivity index (χ2n) is 5.48. The van der Waals surface area contributed by atoms with Crippen molar-refractivity contribution in [2.45, 2.75) is 32.2 Å².